The van der Waals surface area contributed by atoms with Crippen molar-refractivity contribution in [2.45, 2.75) is 0 Å². The van der Waals surface area contributed by atoms with Gasteiger partial charge in [0, 0.05) is 32.3 Å². The molecule has 6 aromatic rings. The summed E-state index contributed by atoms with van der Waals surface area (Å²) in [5, 5.41) is 18.1. The molecular formula is C32H20Cl2N4O. The lowest BCUT2D eigenvalue weighted by Gasteiger charge is -2.11. The lowest BCUT2D eigenvalue weighted by Crippen LogP contribution is -1.92. The Morgan fingerprint density at radius 2 is 0.872 bits per heavy atom. The van der Waals surface area contributed by atoms with Crippen LogP contribution in [0.15, 0.2) is 122 Å². The van der Waals surface area contributed by atoms with Gasteiger partial charge < -0.3 is 4.74 Å². The largest absolute Gasteiger partial charge is 0.457 e. The van der Waals surface area contributed by atoms with Crippen molar-refractivity contribution in [2.24, 2.45) is 0 Å². The van der Waals surface area contributed by atoms with Gasteiger partial charge in [0.25, 0.3) is 0 Å². The van der Waals surface area contributed by atoms with Gasteiger partial charge in [-0.3, -0.25) is 0 Å². The monoisotopic (exact) mass is 546 g/mol. The molecule has 2 aromatic heterocycles. The third kappa shape index (κ3) is 5.80. The molecule has 0 saturated carbocycles. The van der Waals surface area contributed by atoms with Crippen LogP contribution >= 0.6 is 23.2 Å². The maximum absolute atomic E-state index is 6.48. The molecule has 4 aromatic carbocycles. The van der Waals surface area contributed by atoms with Gasteiger partial charge in [0.2, 0.25) is 0 Å². The van der Waals surface area contributed by atoms with Crippen molar-refractivity contribution in [1.82, 2.24) is 20.4 Å². The van der Waals surface area contributed by atoms with Gasteiger partial charge in [-0.05, 0) is 59.7 Å². The first-order valence-corrected chi connectivity index (χ1v) is 12.9. The Hall–Kier alpha value is -4.58. The molecule has 0 saturated heterocycles. The molecule has 0 unspecified atom stereocenters. The highest BCUT2D eigenvalue weighted by Crippen LogP contribution is 2.35. The zero-order chi connectivity index (χ0) is 26.6. The SMILES string of the molecule is Clc1cc(Oc2cc(Cl)cc(-c3cc(-c4ccccc4)cnn3)c2)cc(-c2cc(-c3ccccc3)cnn2)c1. The average Bonchev–Trinajstić information content (AvgIpc) is 2.98. The minimum absolute atomic E-state index is 0.512. The summed E-state index contributed by atoms with van der Waals surface area (Å²) in [6, 6.07) is 34.9. The quantitative estimate of drug-likeness (QED) is 0.208. The van der Waals surface area contributed by atoms with E-state index in [1.165, 1.54) is 0 Å². The number of halogens is 2. The number of nitrogens with zero attached hydrogens (tertiary/aromatic N) is 4. The van der Waals surface area contributed by atoms with E-state index in [1.54, 1.807) is 24.5 Å². The Morgan fingerprint density at radius 1 is 0.436 bits per heavy atom. The molecule has 0 aliphatic heterocycles. The van der Waals surface area contributed by atoms with Gasteiger partial charge in [0.1, 0.15) is 11.5 Å². The molecule has 0 atom stereocenters. The van der Waals surface area contributed by atoms with E-state index < -0.39 is 0 Å². The fourth-order valence-electron chi connectivity index (χ4n) is 4.27. The first-order valence-electron chi connectivity index (χ1n) is 12.2. The van der Waals surface area contributed by atoms with Gasteiger partial charge in [-0.2, -0.15) is 20.4 Å². The fourth-order valence-corrected chi connectivity index (χ4v) is 4.72. The Balaban J connectivity index is 1.31. The van der Waals surface area contributed by atoms with Crippen LogP contribution < -0.4 is 4.74 Å². The summed E-state index contributed by atoms with van der Waals surface area (Å²) in [5.41, 5.74) is 6.96. The van der Waals surface area contributed by atoms with E-state index in [-0.39, 0.29) is 0 Å². The minimum atomic E-state index is 0.512. The Morgan fingerprint density at radius 3 is 1.31 bits per heavy atom. The molecule has 0 aliphatic rings. The highest BCUT2D eigenvalue weighted by molar-refractivity contribution is 6.31. The van der Waals surface area contributed by atoms with Crippen molar-refractivity contribution in [3.05, 3.63) is 132 Å². The second kappa shape index (κ2) is 11.0. The molecule has 0 radical (unpaired) electrons. The van der Waals surface area contributed by atoms with Gasteiger partial charge in [-0.25, -0.2) is 0 Å². The van der Waals surface area contributed by atoms with Crippen LogP contribution in [-0.2, 0) is 0 Å². The number of ether oxygens (including phenoxy) is 1. The minimum Gasteiger partial charge on any atom is -0.457 e. The van der Waals surface area contributed by atoms with E-state index in [2.05, 4.69) is 20.4 Å². The van der Waals surface area contributed by atoms with Crippen molar-refractivity contribution in [3.63, 3.8) is 0 Å². The van der Waals surface area contributed by atoms with Crippen molar-refractivity contribution in [1.29, 1.82) is 0 Å². The van der Waals surface area contributed by atoms with Crippen molar-refractivity contribution in [2.75, 3.05) is 0 Å². The Bertz CT molecular complexity index is 1630. The van der Waals surface area contributed by atoms with Crippen LogP contribution in [0, 0.1) is 0 Å². The molecule has 0 amide bonds. The Kier molecular flexibility index (Phi) is 7.00. The predicted octanol–water partition coefficient (Wildman–Crippen LogP) is 9.03. The molecule has 0 aliphatic carbocycles. The summed E-state index contributed by atoms with van der Waals surface area (Å²) in [5.74, 6) is 1.09. The van der Waals surface area contributed by atoms with Gasteiger partial charge in [-0.1, -0.05) is 83.9 Å². The van der Waals surface area contributed by atoms with Crippen LogP contribution in [0.2, 0.25) is 10.0 Å². The molecule has 6 rings (SSSR count). The second-order valence-corrected chi connectivity index (χ2v) is 9.72. The molecule has 0 fully saturated rings. The van der Waals surface area contributed by atoms with Gasteiger partial charge in [0.05, 0.1) is 23.8 Å². The van der Waals surface area contributed by atoms with E-state index in [9.17, 15) is 0 Å². The summed E-state index contributed by atoms with van der Waals surface area (Å²) in [4.78, 5) is 0. The second-order valence-electron chi connectivity index (χ2n) is 8.84. The van der Waals surface area contributed by atoms with Crippen LogP contribution in [0.4, 0.5) is 0 Å². The van der Waals surface area contributed by atoms with Gasteiger partial charge in [-0.15, -0.1) is 0 Å². The summed E-state index contributed by atoms with van der Waals surface area (Å²) >= 11 is 13.0. The molecule has 0 N–H and O–H groups in total. The van der Waals surface area contributed by atoms with Crippen LogP contribution in [-0.4, -0.2) is 20.4 Å². The standard InChI is InChI=1S/C32H20Cl2N4O/c33-27-11-23(31-15-25(19-35-37-31)21-7-3-1-4-8-21)13-29(17-27)39-30-14-24(12-28(34)18-30)32-16-26(20-36-38-32)22-9-5-2-6-10-22/h1-20H. The molecule has 5 nitrogen and oxygen atoms in total. The summed E-state index contributed by atoms with van der Waals surface area (Å²) in [6.07, 6.45) is 3.48. The topological polar surface area (TPSA) is 60.8 Å². The van der Waals surface area contributed by atoms with E-state index in [4.69, 9.17) is 27.9 Å². The normalized spacial score (nSPS) is 10.8. The highest BCUT2D eigenvalue weighted by atomic mass is 35.5. The zero-order valence-corrected chi connectivity index (χ0v) is 22.0. The summed E-state index contributed by atoms with van der Waals surface area (Å²) in [6.45, 7) is 0. The predicted molar refractivity (Wildman–Crippen MR) is 156 cm³/mol. The molecule has 0 bridgehead atoms. The lowest BCUT2D eigenvalue weighted by atomic mass is 10.0. The number of rotatable bonds is 6. The van der Waals surface area contributed by atoms with E-state index in [1.807, 2.05) is 97.1 Å². The molecular weight excluding hydrogens is 527 g/mol. The number of benzene rings is 4. The van der Waals surface area contributed by atoms with Crippen LogP contribution in [0.3, 0.4) is 0 Å². The highest BCUT2D eigenvalue weighted by Gasteiger charge is 2.11. The zero-order valence-electron chi connectivity index (χ0n) is 20.5. The number of hydrogen-bond donors (Lipinski definition) is 0. The van der Waals surface area contributed by atoms with Gasteiger partial charge >= 0.3 is 0 Å². The third-order valence-electron chi connectivity index (χ3n) is 6.09. The van der Waals surface area contributed by atoms with Crippen LogP contribution in [0.5, 0.6) is 11.5 Å². The number of hydrogen-bond acceptors (Lipinski definition) is 5. The number of aromatic nitrogens is 4. The lowest BCUT2D eigenvalue weighted by molar-refractivity contribution is 0.483. The Labute approximate surface area is 235 Å². The first kappa shape index (κ1) is 24.7. The van der Waals surface area contributed by atoms with Crippen molar-refractivity contribution >= 4 is 23.2 Å². The average molecular weight is 547 g/mol. The fraction of sp³-hybridized carbons (Fsp3) is 0. The molecule has 7 heteroatoms. The van der Waals surface area contributed by atoms with E-state index in [0.29, 0.717) is 32.9 Å². The first-order chi connectivity index (χ1) is 19.1. The van der Waals surface area contributed by atoms with E-state index in [0.717, 1.165) is 33.4 Å². The summed E-state index contributed by atoms with van der Waals surface area (Å²) in [7, 11) is 0. The van der Waals surface area contributed by atoms with Crippen LogP contribution in [0.1, 0.15) is 0 Å². The van der Waals surface area contributed by atoms with Crippen molar-refractivity contribution in [3.8, 4) is 56.3 Å². The van der Waals surface area contributed by atoms with Gasteiger partial charge in [0.15, 0.2) is 0 Å². The molecule has 188 valence electrons. The van der Waals surface area contributed by atoms with E-state index >= 15 is 0 Å². The third-order valence-corrected chi connectivity index (χ3v) is 6.53. The van der Waals surface area contributed by atoms with Crippen LogP contribution in [0.25, 0.3) is 44.8 Å². The maximum Gasteiger partial charge on any atom is 0.129 e. The molecule has 0 spiro atoms. The molecule has 39 heavy (non-hydrogen) atoms. The maximum atomic E-state index is 6.48. The van der Waals surface area contributed by atoms with Crippen molar-refractivity contribution < 1.29 is 4.74 Å². The smallest absolute Gasteiger partial charge is 0.129 e. The summed E-state index contributed by atoms with van der Waals surface area (Å²) < 4.78 is 6.23. The molecule has 2 heterocycles.